The summed E-state index contributed by atoms with van der Waals surface area (Å²) in [4.78, 5) is 41.5. The largest absolute Gasteiger partial charge is 0.444 e. The van der Waals surface area contributed by atoms with Crippen LogP contribution in [0.15, 0.2) is 48.5 Å². The summed E-state index contributed by atoms with van der Waals surface area (Å²) >= 11 is 0. The average molecular weight is 577 g/mol. The van der Waals surface area contributed by atoms with Crippen molar-refractivity contribution in [2.75, 3.05) is 25.6 Å². The highest BCUT2D eigenvalue weighted by atomic mass is 16.6. The number of rotatable bonds is 7. The van der Waals surface area contributed by atoms with Crippen molar-refractivity contribution < 1.29 is 23.9 Å². The number of nitrogens with zero attached hydrogens (tertiary/aromatic N) is 1. The van der Waals surface area contributed by atoms with Crippen LogP contribution >= 0.6 is 0 Å². The number of methoxy groups -OCH3 is 1. The van der Waals surface area contributed by atoms with Gasteiger partial charge in [-0.3, -0.25) is 9.59 Å². The molecule has 9 nitrogen and oxygen atoms in total. The lowest BCUT2D eigenvalue weighted by molar-refractivity contribution is -0.139. The van der Waals surface area contributed by atoms with Gasteiger partial charge in [0.1, 0.15) is 5.60 Å². The third-order valence-corrected chi connectivity index (χ3v) is 8.66. The number of hydrogen-bond acceptors (Lipinski definition) is 6. The van der Waals surface area contributed by atoms with Crippen LogP contribution in [-0.4, -0.2) is 60.8 Å². The molecule has 0 spiro atoms. The molecule has 1 aliphatic carbocycles. The van der Waals surface area contributed by atoms with Crippen molar-refractivity contribution in [1.29, 1.82) is 0 Å². The Morgan fingerprint density at radius 3 is 2.48 bits per heavy atom. The van der Waals surface area contributed by atoms with E-state index in [9.17, 15) is 14.4 Å². The summed E-state index contributed by atoms with van der Waals surface area (Å²) in [6, 6.07) is 15.4. The monoisotopic (exact) mass is 576 g/mol. The van der Waals surface area contributed by atoms with Crippen LogP contribution < -0.4 is 16.0 Å². The van der Waals surface area contributed by atoms with Crippen molar-refractivity contribution in [2.45, 2.75) is 83.1 Å². The van der Waals surface area contributed by atoms with Crippen molar-refractivity contribution >= 4 is 23.6 Å². The second-order valence-electron chi connectivity index (χ2n) is 12.7. The maximum absolute atomic E-state index is 14.2. The van der Waals surface area contributed by atoms with Gasteiger partial charge in [0, 0.05) is 43.4 Å². The van der Waals surface area contributed by atoms with E-state index in [0.717, 1.165) is 43.4 Å². The number of carbonyl (C=O) groups is 3. The molecule has 3 N–H and O–H groups in total. The molecule has 226 valence electrons. The highest BCUT2D eigenvalue weighted by Gasteiger charge is 2.48. The number of fused-ring (bicyclic) bond motifs is 3. The molecule has 5 rings (SSSR count). The first-order chi connectivity index (χ1) is 20.1. The molecule has 2 aromatic rings. The summed E-state index contributed by atoms with van der Waals surface area (Å²) in [5.41, 5.74) is 3.06. The van der Waals surface area contributed by atoms with Gasteiger partial charge in [-0.25, -0.2) is 4.79 Å². The highest BCUT2D eigenvalue weighted by molar-refractivity contribution is 5.95. The zero-order chi connectivity index (χ0) is 29.9. The lowest BCUT2D eigenvalue weighted by atomic mass is 9.81. The molecule has 9 heteroatoms. The fourth-order valence-electron chi connectivity index (χ4n) is 6.75. The van der Waals surface area contributed by atoms with Crippen LogP contribution in [0.1, 0.15) is 80.4 Å². The molecule has 0 radical (unpaired) electrons. The standard InChI is InChI=1S/C33H44N4O5/c1-33(2,3)42-32(40)34-19-21-13-15-22(16-14-21)30(38)36-27-12-8-6-10-25(27)31(39)37-18-17-24-28(20-41-4)35-26-11-7-5-9-23(26)29(24)37/h5,7,9,11,13-16,24-25,27-29,35H,6,8,10,12,17-20H2,1-4H3,(H,34,40)(H,36,38)/t24-,25+,27-,28+,29+/m1/s1. The molecule has 42 heavy (non-hydrogen) atoms. The summed E-state index contributed by atoms with van der Waals surface area (Å²) in [5, 5.41) is 9.57. The van der Waals surface area contributed by atoms with Gasteiger partial charge in [-0.1, -0.05) is 43.2 Å². The number of anilines is 1. The number of likely N-dealkylation sites (tertiary alicyclic amines) is 1. The first-order valence-electron chi connectivity index (χ1n) is 15.2. The van der Waals surface area contributed by atoms with Gasteiger partial charge in [0.25, 0.3) is 5.91 Å². The Morgan fingerprint density at radius 1 is 1.00 bits per heavy atom. The molecule has 1 saturated carbocycles. The molecule has 3 amide bonds. The average Bonchev–Trinajstić information content (AvgIpc) is 3.42. The Hall–Kier alpha value is -3.59. The summed E-state index contributed by atoms with van der Waals surface area (Å²) in [6.07, 6.45) is 3.96. The van der Waals surface area contributed by atoms with E-state index in [2.05, 4.69) is 33.0 Å². The number of ether oxygens (including phenoxy) is 2. The Bertz CT molecular complexity index is 1270. The van der Waals surface area contributed by atoms with Crippen molar-refractivity contribution in [1.82, 2.24) is 15.5 Å². The molecule has 1 saturated heterocycles. The molecule has 2 aromatic carbocycles. The molecule has 5 atom stereocenters. The van der Waals surface area contributed by atoms with Crippen LogP contribution in [-0.2, 0) is 20.8 Å². The number of hydrogen-bond donors (Lipinski definition) is 3. The van der Waals surface area contributed by atoms with Gasteiger partial charge < -0.3 is 30.3 Å². The van der Waals surface area contributed by atoms with Crippen LogP contribution in [0.5, 0.6) is 0 Å². The molecule has 2 aliphatic heterocycles. The molecule has 2 fully saturated rings. The van der Waals surface area contributed by atoms with Crippen LogP contribution in [0.2, 0.25) is 0 Å². The van der Waals surface area contributed by atoms with E-state index in [0.29, 0.717) is 25.3 Å². The third-order valence-electron chi connectivity index (χ3n) is 8.66. The molecular weight excluding hydrogens is 532 g/mol. The number of nitrogens with one attached hydrogen (secondary N) is 3. The lowest BCUT2D eigenvalue weighted by Gasteiger charge is -2.41. The van der Waals surface area contributed by atoms with E-state index in [1.54, 1.807) is 19.2 Å². The van der Waals surface area contributed by atoms with Gasteiger partial charge in [0.05, 0.1) is 24.6 Å². The fourth-order valence-corrected chi connectivity index (χ4v) is 6.75. The zero-order valence-corrected chi connectivity index (χ0v) is 25.2. The quantitative estimate of drug-likeness (QED) is 0.427. The van der Waals surface area contributed by atoms with E-state index < -0.39 is 11.7 Å². The Labute approximate surface area is 248 Å². The van der Waals surface area contributed by atoms with Crippen LogP contribution in [0.3, 0.4) is 0 Å². The fraction of sp³-hybridized carbons (Fsp3) is 0.545. The molecular formula is C33H44N4O5. The predicted molar refractivity (Wildman–Crippen MR) is 161 cm³/mol. The smallest absolute Gasteiger partial charge is 0.407 e. The van der Waals surface area contributed by atoms with Crippen molar-refractivity contribution in [2.24, 2.45) is 11.8 Å². The summed E-state index contributed by atoms with van der Waals surface area (Å²) in [7, 11) is 1.72. The molecule has 0 bridgehead atoms. The highest BCUT2D eigenvalue weighted by Crippen LogP contribution is 2.47. The van der Waals surface area contributed by atoms with Crippen LogP contribution in [0, 0.1) is 11.8 Å². The Morgan fingerprint density at radius 2 is 1.74 bits per heavy atom. The van der Waals surface area contributed by atoms with Crippen molar-refractivity contribution in [3.05, 3.63) is 65.2 Å². The molecule has 2 heterocycles. The van der Waals surface area contributed by atoms with E-state index in [1.807, 2.05) is 45.0 Å². The lowest BCUT2D eigenvalue weighted by Crippen LogP contribution is -2.50. The number of carbonyl (C=O) groups excluding carboxylic acids is 3. The van der Waals surface area contributed by atoms with Crippen LogP contribution in [0.25, 0.3) is 0 Å². The molecule has 3 aliphatic rings. The minimum absolute atomic E-state index is 0.00946. The summed E-state index contributed by atoms with van der Waals surface area (Å²) in [5.74, 6) is -0.00705. The number of para-hydroxylation sites is 1. The minimum atomic E-state index is -0.564. The zero-order valence-electron chi connectivity index (χ0n) is 25.2. The number of alkyl carbamates (subject to hydrolysis) is 1. The molecule has 0 unspecified atom stereocenters. The number of amides is 3. The van der Waals surface area contributed by atoms with Gasteiger partial charge in [0.15, 0.2) is 0 Å². The summed E-state index contributed by atoms with van der Waals surface area (Å²) < 4.78 is 10.8. The Balaban J connectivity index is 1.24. The van der Waals surface area contributed by atoms with E-state index in [-0.39, 0.29) is 41.8 Å². The first kappa shape index (κ1) is 29.9. The minimum Gasteiger partial charge on any atom is -0.444 e. The van der Waals surface area contributed by atoms with E-state index in [4.69, 9.17) is 9.47 Å². The second kappa shape index (κ2) is 12.7. The molecule has 0 aromatic heterocycles. The summed E-state index contributed by atoms with van der Waals surface area (Å²) in [6.45, 7) is 7.05. The van der Waals surface area contributed by atoms with E-state index >= 15 is 0 Å². The van der Waals surface area contributed by atoms with Crippen molar-refractivity contribution in [3.8, 4) is 0 Å². The topological polar surface area (TPSA) is 109 Å². The third kappa shape index (κ3) is 6.72. The first-order valence-corrected chi connectivity index (χ1v) is 15.2. The predicted octanol–water partition coefficient (Wildman–Crippen LogP) is 5.03. The number of benzene rings is 2. The van der Waals surface area contributed by atoms with Crippen LogP contribution in [0.4, 0.5) is 10.5 Å². The van der Waals surface area contributed by atoms with Gasteiger partial charge in [-0.05, 0) is 69.4 Å². The maximum Gasteiger partial charge on any atom is 0.407 e. The Kier molecular flexibility index (Phi) is 9.06. The van der Waals surface area contributed by atoms with Gasteiger partial charge in [-0.2, -0.15) is 0 Å². The maximum atomic E-state index is 14.2. The second-order valence-corrected chi connectivity index (χ2v) is 12.7. The van der Waals surface area contributed by atoms with E-state index in [1.165, 1.54) is 5.56 Å². The van der Waals surface area contributed by atoms with Gasteiger partial charge in [-0.15, -0.1) is 0 Å². The normalized spacial score (nSPS) is 25.0. The SMILES string of the molecule is COC[C@@H]1Nc2ccccc2[C@H]2[C@@H]1CCN2C(=O)[C@H]1CCCC[C@H]1NC(=O)c1ccc(CNC(=O)OC(C)(C)C)cc1. The van der Waals surface area contributed by atoms with Crippen molar-refractivity contribution in [3.63, 3.8) is 0 Å². The van der Waals surface area contributed by atoms with Gasteiger partial charge >= 0.3 is 6.09 Å². The van der Waals surface area contributed by atoms with Gasteiger partial charge in [0.2, 0.25) is 5.91 Å².